The molecule has 1 aliphatic heterocycles. The van der Waals surface area contributed by atoms with Gasteiger partial charge in [0, 0.05) is 18.1 Å². The lowest BCUT2D eigenvalue weighted by molar-refractivity contribution is -0.230. The molecule has 0 spiro atoms. The first-order valence-electron chi connectivity index (χ1n) is 11.1. The van der Waals surface area contributed by atoms with E-state index in [2.05, 4.69) is 0 Å². The van der Waals surface area contributed by atoms with Gasteiger partial charge in [0.25, 0.3) is 0 Å². The lowest BCUT2D eigenvalue weighted by atomic mass is 9.87. The van der Waals surface area contributed by atoms with Crippen LogP contribution in [0.15, 0.2) is 78.9 Å². The van der Waals surface area contributed by atoms with Crippen LogP contribution in [0.2, 0.25) is 0 Å². The minimum Gasteiger partial charge on any atom is -0.373 e. The Balaban J connectivity index is 1.23. The Morgan fingerprint density at radius 2 is 1.31 bits per heavy atom. The molecule has 1 aliphatic rings. The molecule has 0 bridgehead atoms. The van der Waals surface area contributed by atoms with Crippen molar-refractivity contribution in [3.8, 4) is 0 Å². The molecule has 1 saturated heterocycles. The highest BCUT2D eigenvalue weighted by Gasteiger charge is 2.23. The van der Waals surface area contributed by atoms with Gasteiger partial charge in [-0.25, -0.2) is 8.78 Å². The predicted octanol–water partition coefficient (Wildman–Crippen LogP) is 6.40. The van der Waals surface area contributed by atoms with Gasteiger partial charge in [0.1, 0.15) is 17.7 Å². The maximum absolute atomic E-state index is 13.4. The summed E-state index contributed by atoms with van der Waals surface area (Å²) in [5, 5.41) is 0. The number of unbranched alkanes of at least 4 members (excludes halogenated alkanes) is 1. The zero-order valence-corrected chi connectivity index (χ0v) is 18.0. The van der Waals surface area contributed by atoms with E-state index in [1.54, 1.807) is 24.3 Å². The van der Waals surface area contributed by atoms with E-state index in [1.807, 2.05) is 30.3 Å². The van der Waals surface area contributed by atoms with Crippen molar-refractivity contribution in [2.75, 3.05) is 19.8 Å². The van der Waals surface area contributed by atoms with Crippen molar-refractivity contribution in [1.29, 1.82) is 0 Å². The second kappa shape index (κ2) is 11.3. The van der Waals surface area contributed by atoms with Crippen LogP contribution in [0, 0.1) is 11.6 Å². The molecule has 32 heavy (non-hydrogen) atoms. The maximum Gasteiger partial charge on any atom is 0.184 e. The minimum absolute atomic E-state index is 0.0695. The number of benzene rings is 3. The van der Waals surface area contributed by atoms with Crippen molar-refractivity contribution in [1.82, 2.24) is 0 Å². The van der Waals surface area contributed by atoms with Crippen molar-refractivity contribution < 1.29 is 23.0 Å². The van der Waals surface area contributed by atoms with E-state index in [0.29, 0.717) is 19.8 Å². The van der Waals surface area contributed by atoms with Gasteiger partial charge < -0.3 is 14.2 Å². The van der Waals surface area contributed by atoms with Crippen molar-refractivity contribution in [2.24, 2.45) is 0 Å². The molecular formula is C27H28F2O3. The van der Waals surface area contributed by atoms with Crippen molar-refractivity contribution in [3.05, 3.63) is 107 Å². The van der Waals surface area contributed by atoms with Crippen LogP contribution < -0.4 is 0 Å². The van der Waals surface area contributed by atoms with Crippen LogP contribution in [0.4, 0.5) is 8.78 Å². The first-order valence-corrected chi connectivity index (χ1v) is 11.1. The molecule has 5 heteroatoms. The predicted molar refractivity (Wildman–Crippen MR) is 119 cm³/mol. The summed E-state index contributed by atoms with van der Waals surface area (Å²) in [6.07, 6.45) is 2.29. The number of hydrogen-bond acceptors (Lipinski definition) is 3. The van der Waals surface area contributed by atoms with Gasteiger partial charge in [-0.15, -0.1) is 0 Å². The van der Waals surface area contributed by atoms with Crippen LogP contribution in [0.3, 0.4) is 0 Å². The Hall–Kier alpha value is -2.60. The van der Waals surface area contributed by atoms with E-state index < -0.39 is 0 Å². The Bertz CT molecular complexity index is 891. The van der Waals surface area contributed by atoms with Crippen molar-refractivity contribution in [2.45, 2.75) is 37.6 Å². The summed E-state index contributed by atoms with van der Waals surface area (Å²) in [4.78, 5) is 0. The van der Waals surface area contributed by atoms with Gasteiger partial charge >= 0.3 is 0 Å². The van der Waals surface area contributed by atoms with Crippen molar-refractivity contribution in [3.63, 3.8) is 0 Å². The average molecular weight is 439 g/mol. The first-order chi connectivity index (χ1) is 15.7. The lowest BCUT2D eigenvalue weighted by Gasteiger charge is -2.29. The molecule has 4 rings (SSSR count). The van der Waals surface area contributed by atoms with Gasteiger partial charge in [-0.05, 0) is 48.2 Å². The standard InChI is InChI=1S/C27H28F2O3/c28-23-13-9-20(10-14-23)26(21-11-15-24(29)16-12-21)8-4-5-17-30-25-18-31-27(32-19-25)22-6-2-1-3-7-22/h1-3,6-7,9-16,25-27H,4-5,8,17-19H2. The molecule has 1 heterocycles. The third kappa shape index (κ3) is 6.22. The Labute approximate surface area is 187 Å². The highest BCUT2D eigenvalue weighted by atomic mass is 19.1. The quantitative estimate of drug-likeness (QED) is 0.362. The second-order valence-electron chi connectivity index (χ2n) is 8.05. The number of hydrogen-bond donors (Lipinski definition) is 0. The van der Waals surface area contributed by atoms with E-state index in [9.17, 15) is 8.78 Å². The summed E-state index contributed by atoms with van der Waals surface area (Å²) in [7, 11) is 0. The van der Waals surface area contributed by atoms with E-state index in [4.69, 9.17) is 14.2 Å². The summed E-state index contributed by atoms with van der Waals surface area (Å²) >= 11 is 0. The molecule has 0 aliphatic carbocycles. The van der Waals surface area contributed by atoms with Gasteiger partial charge in [-0.3, -0.25) is 0 Å². The molecule has 3 aromatic rings. The SMILES string of the molecule is Fc1ccc(C(CCCCOC2COC(c3ccccc3)OC2)c2ccc(F)cc2)cc1. The number of rotatable bonds is 9. The molecule has 0 aromatic heterocycles. The van der Waals surface area contributed by atoms with E-state index in [0.717, 1.165) is 36.0 Å². The number of ether oxygens (including phenoxy) is 3. The average Bonchev–Trinajstić information content (AvgIpc) is 2.84. The maximum atomic E-state index is 13.4. The Kier molecular flexibility index (Phi) is 7.99. The highest BCUT2D eigenvalue weighted by Crippen LogP contribution is 2.30. The van der Waals surface area contributed by atoms with Gasteiger partial charge in [0.05, 0.1) is 13.2 Å². The van der Waals surface area contributed by atoms with Crippen LogP contribution in [0.1, 0.15) is 48.2 Å². The van der Waals surface area contributed by atoms with Crippen LogP contribution in [0.25, 0.3) is 0 Å². The van der Waals surface area contributed by atoms with E-state index in [1.165, 1.54) is 24.3 Å². The summed E-state index contributed by atoms with van der Waals surface area (Å²) in [5.41, 5.74) is 3.07. The smallest absolute Gasteiger partial charge is 0.184 e. The minimum atomic E-state index is -0.330. The van der Waals surface area contributed by atoms with Crippen LogP contribution in [-0.4, -0.2) is 25.9 Å². The summed E-state index contributed by atoms with van der Waals surface area (Å²) in [5.74, 6) is -0.429. The zero-order chi connectivity index (χ0) is 22.2. The fraction of sp³-hybridized carbons (Fsp3) is 0.333. The van der Waals surface area contributed by atoms with E-state index >= 15 is 0 Å². The molecule has 1 fully saturated rings. The highest BCUT2D eigenvalue weighted by molar-refractivity contribution is 5.32. The molecule has 168 valence electrons. The Morgan fingerprint density at radius 1 is 0.750 bits per heavy atom. The molecule has 0 saturated carbocycles. The zero-order valence-electron chi connectivity index (χ0n) is 18.0. The fourth-order valence-corrected chi connectivity index (χ4v) is 4.00. The first kappa shape index (κ1) is 22.6. The normalized spacial score (nSPS) is 18.7. The molecule has 0 N–H and O–H groups in total. The van der Waals surface area contributed by atoms with Gasteiger partial charge in [-0.2, -0.15) is 0 Å². The largest absolute Gasteiger partial charge is 0.373 e. The lowest BCUT2D eigenvalue weighted by Crippen LogP contribution is -2.33. The van der Waals surface area contributed by atoms with Gasteiger partial charge in [0.2, 0.25) is 0 Å². The molecule has 0 radical (unpaired) electrons. The molecule has 3 nitrogen and oxygen atoms in total. The third-order valence-corrected chi connectivity index (χ3v) is 5.72. The van der Waals surface area contributed by atoms with Gasteiger partial charge in [-0.1, -0.05) is 61.0 Å². The van der Waals surface area contributed by atoms with Crippen molar-refractivity contribution >= 4 is 0 Å². The molecule has 0 atom stereocenters. The van der Waals surface area contributed by atoms with Crippen LogP contribution >= 0.6 is 0 Å². The molecule has 3 aromatic carbocycles. The second-order valence-corrected chi connectivity index (χ2v) is 8.05. The molecule has 0 amide bonds. The third-order valence-electron chi connectivity index (χ3n) is 5.72. The summed E-state index contributed by atoms with van der Waals surface area (Å²) < 4.78 is 44.3. The topological polar surface area (TPSA) is 27.7 Å². The van der Waals surface area contributed by atoms with Crippen LogP contribution in [0.5, 0.6) is 0 Å². The van der Waals surface area contributed by atoms with Gasteiger partial charge in [0.15, 0.2) is 6.29 Å². The summed E-state index contributed by atoms with van der Waals surface area (Å²) in [6, 6.07) is 23.0. The van der Waals surface area contributed by atoms with Crippen LogP contribution in [-0.2, 0) is 14.2 Å². The Morgan fingerprint density at radius 3 is 1.88 bits per heavy atom. The molecule has 0 unspecified atom stereocenters. The summed E-state index contributed by atoms with van der Waals surface area (Å²) in [6.45, 7) is 1.63. The molecular weight excluding hydrogens is 410 g/mol. The number of halogens is 2. The fourth-order valence-electron chi connectivity index (χ4n) is 4.00. The monoisotopic (exact) mass is 438 g/mol. The van der Waals surface area contributed by atoms with E-state index in [-0.39, 0.29) is 29.9 Å².